The summed E-state index contributed by atoms with van der Waals surface area (Å²) in [5, 5.41) is 13.9. The van der Waals surface area contributed by atoms with Crippen molar-refractivity contribution in [1.29, 1.82) is 0 Å². The highest BCUT2D eigenvalue weighted by Gasteiger charge is 2.32. The fraction of sp³-hybridized carbons (Fsp3) is 0.714. The zero-order valence-corrected chi connectivity index (χ0v) is 12.7. The normalized spacial score (nSPS) is 30.3. The van der Waals surface area contributed by atoms with Crippen LogP contribution in [0.3, 0.4) is 0 Å². The summed E-state index contributed by atoms with van der Waals surface area (Å²) in [6.07, 6.45) is 4.16. The first-order valence-electron chi connectivity index (χ1n) is 6.69. The van der Waals surface area contributed by atoms with Gasteiger partial charge in [0.2, 0.25) is 0 Å². The molecule has 0 bridgehead atoms. The molecule has 1 aliphatic rings. The molecule has 3 atom stereocenters. The Morgan fingerprint density at radius 2 is 2.39 bits per heavy atom. The third-order valence-corrected chi connectivity index (χ3v) is 4.25. The van der Waals surface area contributed by atoms with Gasteiger partial charge in [0.05, 0.1) is 11.6 Å². The van der Waals surface area contributed by atoms with E-state index in [0.717, 1.165) is 29.7 Å². The minimum atomic E-state index is -0.546. The van der Waals surface area contributed by atoms with Gasteiger partial charge >= 0.3 is 0 Å². The average molecular weight is 316 g/mol. The highest BCUT2D eigenvalue weighted by atomic mass is 79.9. The van der Waals surface area contributed by atoms with Gasteiger partial charge in [-0.3, -0.25) is 0 Å². The van der Waals surface area contributed by atoms with Crippen molar-refractivity contribution in [2.45, 2.75) is 51.2 Å². The Balaban J connectivity index is 1.87. The number of aliphatic hydroxyl groups is 1. The van der Waals surface area contributed by atoms with E-state index in [1.807, 2.05) is 12.1 Å². The van der Waals surface area contributed by atoms with E-state index in [9.17, 15) is 5.11 Å². The van der Waals surface area contributed by atoms with Crippen molar-refractivity contribution < 1.29 is 9.52 Å². The summed E-state index contributed by atoms with van der Waals surface area (Å²) in [4.78, 5) is 0. The quantitative estimate of drug-likeness (QED) is 0.891. The molecule has 1 aromatic rings. The molecular formula is C14H22BrNO2. The van der Waals surface area contributed by atoms with E-state index in [1.54, 1.807) is 0 Å². The van der Waals surface area contributed by atoms with E-state index >= 15 is 0 Å². The maximum Gasteiger partial charge on any atom is 0.169 e. The van der Waals surface area contributed by atoms with E-state index in [4.69, 9.17) is 4.42 Å². The van der Waals surface area contributed by atoms with E-state index in [2.05, 4.69) is 35.1 Å². The number of hydrogen-bond donors (Lipinski definition) is 2. The van der Waals surface area contributed by atoms with Crippen LogP contribution < -0.4 is 5.32 Å². The zero-order valence-electron chi connectivity index (χ0n) is 11.1. The van der Waals surface area contributed by atoms with Crippen LogP contribution in [0.5, 0.6) is 0 Å². The van der Waals surface area contributed by atoms with Crippen molar-refractivity contribution in [1.82, 2.24) is 5.32 Å². The summed E-state index contributed by atoms with van der Waals surface area (Å²) in [5.74, 6) is 1.52. The lowest BCUT2D eigenvalue weighted by Crippen LogP contribution is -2.44. The molecule has 2 rings (SSSR count). The third kappa shape index (κ3) is 3.59. The molecule has 1 aliphatic carbocycles. The Bertz CT molecular complexity index is 393. The summed E-state index contributed by atoms with van der Waals surface area (Å²) >= 11 is 3.30. The molecular weight excluding hydrogens is 294 g/mol. The van der Waals surface area contributed by atoms with Crippen LogP contribution in [0.2, 0.25) is 0 Å². The first-order chi connectivity index (χ1) is 8.48. The predicted molar refractivity (Wildman–Crippen MR) is 75.4 cm³/mol. The van der Waals surface area contributed by atoms with Gasteiger partial charge < -0.3 is 14.8 Å². The summed E-state index contributed by atoms with van der Waals surface area (Å²) in [5.41, 5.74) is -0.546. The van der Waals surface area contributed by atoms with Crippen LogP contribution in [0.25, 0.3) is 0 Å². The number of furan rings is 1. The summed E-state index contributed by atoms with van der Waals surface area (Å²) < 4.78 is 6.26. The van der Waals surface area contributed by atoms with Crippen molar-refractivity contribution >= 4 is 15.9 Å². The topological polar surface area (TPSA) is 45.4 Å². The van der Waals surface area contributed by atoms with E-state index < -0.39 is 5.60 Å². The Morgan fingerprint density at radius 1 is 1.61 bits per heavy atom. The second kappa shape index (κ2) is 5.76. The maximum absolute atomic E-state index is 10.5. The second-order valence-electron chi connectivity index (χ2n) is 5.67. The van der Waals surface area contributed by atoms with Gasteiger partial charge in [-0.05, 0) is 53.7 Å². The van der Waals surface area contributed by atoms with Gasteiger partial charge in [0.15, 0.2) is 4.67 Å². The summed E-state index contributed by atoms with van der Waals surface area (Å²) in [7, 11) is 0. The fourth-order valence-corrected chi connectivity index (χ4v) is 3.12. The molecule has 1 heterocycles. The summed E-state index contributed by atoms with van der Waals surface area (Å²) in [6, 6.07) is 3.97. The first-order valence-corrected chi connectivity index (χ1v) is 7.49. The van der Waals surface area contributed by atoms with E-state index in [-0.39, 0.29) is 6.04 Å². The molecule has 4 heteroatoms. The van der Waals surface area contributed by atoms with Crippen LogP contribution in [-0.2, 0) is 0 Å². The molecule has 0 radical (unpaired) electrons. The smallest absolute Gasteiger partial charge is 0.169 e. The zero-order chi connectivity index (χ0) is 13.2. The van der Waals surface area contributed by atoms with Gasteiger partial charge in [-0.2, -0.15) is 0 Å². The molecule has 0 saturated heterocycles. The van der Waals surface area contributed by atoms with Crippen molar-refractivity contribution in [2.75, 3.05) is 6.54 Å². The van der Waals surface area contributed by atoms with Gasteiger partial charge in [-0.25, -0.2) is 0 Å². The molecule has 18 heavy (non-hydrogen) atoms. The molecule has 0 aliphatic heterocycles. The van der Waals surface area contributed by atoms with Crippen LogP contribution in [0, 0.1) is 5.92 Å². The molecule has 102 valence electrons. The molecule has 3 nitrogen and oxygen atoms in total. The average Bonchev–Trinajstić information content (AvgIpc) is 2.73. The Labute approximate surface area is 117 Å². The van der Waals surface area contributed by atoms with Crippen LogP contribution >= 0.6 is 15.9 Å². The van der Waals surface area contributed by atoms with Gasteiger partial charge in [0.1, 0.15) is 5.76 Å². The lowest BCUT2D eigenvalue weighted by molar-refractivity contribution is -0.0138. The largest absolute Gasteiger partial charge is 0.453 e. The number of halogens is 1. The molecule has 1 aromatic heterocycles. The monoisotopic (exact) mass is 315 g/mol. The van der Waals surface area contributed by atoms with Crippen molar-refractivity contribution in [3.63, 3.8) is 0 Å². The maximum atomic E-state index is 10.5. The molecule has 0 spiro atoms. The van der Waals surface area contributed by atoms with Crippen LogP contribution in [-0.4, -0.2) is 17.3 Å². The summed E-state index contributed by atoms with van der Waals surface area (Å²) in [6.45, 7) is 4.91. The predicted octanol–water partition coefficient (Wildman–Crippen LogP) is 3.63. The lowest BCUT2D eigenvalue weighted by Gasteiger charge is -2.36. The molecule has 1 saturated carbocycles. The number of nitrogens with one attached hydrogen (secondary N) is 1. The van der Waals surface area contributed by atoms with Gasteiger partial charge in [0, 0.05) is 6.54 Å². The molecule has 0 amide bonds. The van der Waals surface area contributed by atoms with Crippen LogP contribution in [0.15, 0.2) is 21.2 Å². The third-order valence-electron chi connectivity index (χ3n) is 3.83. The van der Waals surface area contributed by atoms with Crippen LogP contribution in [0.1, 0.15) is 51.3 Å². The second-order valence-corrected chi connectivity index (χ2v) is 6.45. The molecule has 2 N–H and O–H groups in total. The highest BCUT2D eigenvalue weighted by Crippen LogP contribution is 2.32. The Kier molecular flexibility index (Phi) is 4.51. The Hall–Kier alpha value is -0.320. The minimum Gasteiger partial charge on any atom is -0.453 e. The molecule has 3 unspecified atom stereocenters. The first kappa shape index (κ1) is 14.1. The number of rotatable bonds is 4. The number of hydrogen-bond acceptors (Lipinski definition) is 3. The van der Waals surface area contributed by atoms with Crippen LogP contribution in [0.4, 0.5) is 0 Å². The minimum absolute atomic E-state index is 0.123. The lowest BCUT2D eigenvalue weighted by atomic mass is 9.79. The standard InChI is InChI=1S/C14H22BrNO2/c1-10-4-3-7-14(17,8-10)9-16-11(2)12-5-6-13(15)18-12/h5-6,10-11,16-17H,3-4,7-9H2,1-2H3. The molecule has 0 aromatic carbocycles. The van der Waals surface area contributed by atoms with Crippen molar-refractivity contribution in [3.05, 3.63) is 22.6 Å². The fourth-order valence-electron chi connectivity index (χ4n) is 2.80. The SMILES string of the molecule is CC1CCCC(O)(CNC(C)c2ccc(Br)o2)C1. The van der Waals surface area contributed by atoms with Crippen molar-refractivity contribution in [2.24, 2.45) is 5.92 Å². The van der Waals surface area contributed by atoms with Gasteiger partial charge in [-0.15, -0.1) is 0 Å². The van der Waals surface area contributed by atoms with Gasteiger partial charge in [-0.1, -0.05) is 19.8 Å². The van der Waals surface area contributed by atoms with Gasteiger partial charge in [0.25, 0.3) is 0 Å². The highest BCUT2D eigenvalue weighted by molar-refractivity contribution is 9.10. The van der Waals surface area contributed by atoms with Crippen molar-refractivity contribution in [3.8, 4) is 0 Å². The van der Waals surface area contributed by atoms with E-state index in [0.29, 0.717) is 12.5 Å². The van der Waals surface area contributed by atoms with E-state index in [1.165, 1.54) is 6.42 Å². The Morgan fingerprint density at radius 3 is 3.00 bits per heavy atom. The molecule has 1 fully saturated rings.